The molecule has 7 heteroatoms. The van der Waals surface area contributed by atoms with Crippen molar-refractivity contribution in [1.29, 1.82) is 0 Å². The Labute approximate surface area is 156 Å². The SMILES string of the molecule is CCOc1ccc(/C=C/C(=O)OCC(=O)NCc2cccs2)cc1OC. The normalized spacial score (nSPS) is 10.5. The zero-order valence-electron chi connectivity index (χ0n) is 14.7. The molecule has 0 aliphatic rings. The van der Waals surface area contributed by atoms with Gasteiger partial charge in [0.15, 0.2) is 18.1 Å². The summed E-state index contributed by atoms with van der Waals surface area (Å²) in [6.07, 6.45) is 2.85. The molecular weight excluding hydrogens is 354 g/mol. The number of thiophene rings is 1. The fourth-order valence-electron chi connectivity index (χ4n) is 2.06. The van der Waals surface area contributed by atoms with Crippen LogP contribution in [-0.4, -0.2) is 32.2 Å². The van der Waals surface area contributed by atoms with Crippen molar-refractivity contribution in [3.05, 3.63) is 52.2 Å². The first-order chi connectivity index (χ1) is 12.6. The quantitative estimate of drug-likeness (QED) is 0.539. The van der Waals surface area contributed by atoms with E-state index in [4.69, 9.17) is 14.2 Å². The Kier molecular flexibility index (Phi) is 7.70. The zero-order valence-corrected chi connectivity index (χ0v) is 15.5. The van der Waals surface area contributed by atoms with Crippen molar-refractivity contribution in [2.45, 2.75) is 13.5 Å². The summed E-state index contributed by atoms with van der Waals surface area (Å²) in [4.78, 5) is 24.4. The first-order valence-corrected chi connectivity index (χ1v) is 8.95. The van der Waals surface area contributed by atoms with E-state index in [1.54, 1.807) is 42.7 Å². The van der Waals surface area contributed by atoms with Crippen molar-refractivity contribution in [3.63, 3.8) is 0 Å². The molecule has 2 aromatic rings. The molecule has 0 fully saturated rings. The average molecular weight is 375 g/mol. The molecule has 0 unspecified atom stereocenters. The lowest BCUT2D eigenvalue weighted by Gasteiger charge is -2.09. The number of hydrogen-bond donors (Lipinski definition) is 1. The Bertz CT molecular complexity index is 755. The Hall–Kier alpha value is -2.80. The van der Waals surface area contributed by atoms with Gasteiger partial charge in [-0.15, -0.1) is 11.3 Å². The van der Waals surface area contributed by atoms with Gasteiger partial charge in [0, 0.05) is 11.0 Å². The first kappa shape index (κ1) is 19.5. The van der Waals surface area contributed by atoms with Crippen molar-refractivity contribution in [1.82, 2.24) is 5.32 Å². The van der Waals surface area contributed by atoms with Gasteiger partial charge in [0.05, 0.1) is 20.3 Å². The van der Waals surface area contributed by atoms with Crippen LogP contribution in [0.1, 0.15) is 17.4 Å². The highest BCUT2D eigenvalue weighted by Gasteiger charge is 2.06. The molecule has 1 aromatic carbocycles. The van der Waals surface area contributed by atoms with Gasteiger partial charge in [0.2, 0.25) is 0 Å². The maximum Gasteiger partial charge on any atom is 0.331 e. The molecule has 1 amide bonds. The topological polar surface area (TPSA) is 73.9 Å². The Morgan fingerprint density at radius 3 is 2.77 bits per heavy atom. The second-order valence-electron chi connectivity index (χ2n) is 5.14. The fourth-order valence-corrected chi connectivity index (χ4v) is 2.71. The molecule has 0 saturated heterocycles. The molecule has 26 heavy (non-hydrogen) atoms. The van der Waals surface area contributed by atoms with Crippen LogP contribution >= 0.6 is 11.3 Å². The summed E-state index contributed by atoms with van der Waals surface area (Å²) in [6, 6.07) is 9.15. The molecule has 0 atom stereocenters. The number of ether oxygens (including phenoxy) is 3. The van der Waals surface area contributed by atoms with Gasteiger partial charge in [0.1, 0.15) is 0 Å². The summed E-state index contributed by atoms with van der Waals surface area (Å²) in [5, 5.41) is 4.62. The lowest BCUT2D eigenvalue weighted by Crippen LogP contribution is -2.27. The van der Waals surface area contributed by atoms with Crippen LogP contribution in [0.3, 0.4) is 0 Å². The minimum atomic E-state index is -0.593. The van der Waals surface area contributed by atoms with E-state index in [2.05, 4.69) is 5.32 Å². The zero-order chi connectivity index (χ0) is 18.8. The smallest absolute Gasteiger partial charge is 0.331 e. The molecular formula is C19H21NO5S. The van der Waals surface area contributed by atoms with Gasteiger partial charge in [-0.3, -0.25) is 4.79 Å². The van der Waals surface area contributed by atoms with Crippen molar-refractivity contribution >= 4 is 29.3 Å². The first-order valence-electron chi connectivity index (χ1n) is 8.07. The highest BCUT2D eigenvalue weighted by atomic mass is 32.1. The third kappa shape index (κ3) is 6.25. The van der Waals surface area contributed by atoms with E-state index in [0.717, 1.165) is 10.4 Å². The molecule has 1 aromatic heterocycles. The molecule has 2 rings (SSSR count). The molecule has 0 saturated carbocycles. The summed E-state index contributed by atoms with van der Waals surface area (Å²) < 4.78 is 15.6. The van der Waals surface area contributed by atoms with Gasteiger partial charge >= 0.3 is 5.97 Å². The van der Waals surface area contributed by atoms with E-state index in [1.165, 1.54) is 6.08 Å². The van der Waals surface area contributed by atoms with Crippen molar-refractivity contribution in [2.24, 2.45) is 0 Å². The number of hydrogen-bond acceptors (Lipinski definition) is 6. The third-order valence-electron chi connectivity index (χ3n) is 3.28. The number of carbonyl (C=O) groups is 2. The fraction of sp³-hybridized carbons (Fsp3) is 0.263. The van der Waals surface area contributed by atoms with Gasteiger partial charge in [-0.25, -0.2) is 4.79 Å². The minimum absolute atomic E-state index is 0.318. The van der Waals surface area contributed by atoms with Crippen LogP contribution in [0.2, 0.25) is 0 Å². The van der Waals surface area contributed by atoms with Crippen LogP contribution in [0.25, 0.3) is 6.08 Å². The number of methoxy groups -OCH3 is 1. The van der Waals surface area contributed by atoms with E-state index >= 15 is 0 Å². The van der Waals surface area contributed by atoms with Gasteiger partial charge < -0.3 is 19.5 Å². The summed E-state index contributed by atoms with van der Waals surface area (Å²) in [5.74, 6) is 0.277. The van der Waals surface area contributed by atoms with Crippen molar-refractivity contribution in [2.75, 3.05) is 20.3 Å². The number of rotatable bonds is 9. The Balaban J connectivity index is 1.80. The number of carbonyl (C=O) groups excluding carboxylic acids is 2. The largest absolute Gasteiger partial charge is 0.493 e. The van der Waals surface area contributed by atoms with Crippen LogP contribution in [0.5, 0.6) is 11.5 Å². The molecule has 6 nitrogen and oxygen atoms in total. The molecule has 138 valence electrons. The number of nitrogens with one attached hydrogen (secondary N) is 1. The monoisotopic (exact) mass is 375 g/mol. The van der Waals surface area contributed by atoms with Gasteiger partial charge in [0.25, 0.3) is 5.91 Å². The summed E-state index contributed by atoms with van der Waals surface area (Å²) in [7, 11) is 1.55. The van der Waals surface area contributed by atoms with E-state index in [9.17, 15) is 9.59 Å². The Morgan fingerprint density at radius 2 is 2.08 bits per heavy atom. The molecule has 0 aliphatic heterocycles. The minimum Gasteiger partial charge on any atom is -0.493 e. The maximum absolute atomic E-state index is 11.7. The van der Waals surface area contributed by atoms with E-state index in [1.807, 2.05) is 24.4 Å². The summed E-state index contributed by atoms with van der Waals surface area (Å²) >= 11 is 1.55. The van der Waals surface area contributed by atoms with Gasteiger partial charge in [-0.05, 0) is 42.1 Å². The van der Waals surface area contributed by atoms with Gasteiger partial charge in [-0.2, -0.15) is 0 Å². The Morgan fingerprint density at radius 1 is 1.23 bits per heavy atom. The maximum atomic E-state index is 11.7. The lowest BCUT2D eigenvalue weighted by atomic mass is 10.2. The van der Waals surface area contributed by atoms with Crippen LogP contribution in [-0.2, 0) is 20.9 Å². The molecule has 0 bridgehead atoms. The highest BCUT2D eigenvalue weighted by Crippen LogP contribution is 2.28. The summed E-state index contributed by atoms with van der Waals surface area (Å²) in [6.45, 7) is 2.53. The molecule has 0 spiro atoms. The number of esters is 1. The van der Waals surface area contributed by atoms with E-state index in [0.29, 0.717) is 24.7 Å². The number of benzene rings is 1. The highest BCUT2D eigenvalue weighted by molar-refractivity contribution is 7.09. The van der Waals surface area contributed by atoms with Crippen LogP contribution in [0, 0.1) is 0 Å². The van der Waals surface area contributed by atoms with Crippen LogP contribution in [0.4, 0.5) is 0 Å². The summed E-state index contributed by atoms with van der Waals surface area (Å²) in [5.41, 5.74) is 0.754. The predicted octanol–water partition coefficient (Wildman–Crippen LogP) is 3.03. The lowest BCUT2D eigenvalue weighted by molar-refractivity contribution is -0.143. The van der Waals surface area contributed by atoms with Crippen molar-refractivity contribution < 1.29 is 23.8 Å². The molecule has 0 radical (unpaired) electrons. The van der Waals surface area contributed by atoms with E-state index < -0.39 is 5.97 Å². The number of amides is 1. The van der Waals surface area contributed by atoms with Gasteiger partial charge in [-0.1, -0.05) is 12.1 Å². The average Bonchev–Trinajstić information content (AvgIpc) is 3.17. The second-order valence-corrected chi connectivity index (χ2v) is 6.17. The van der Waals surface area contributed by atoms with Crippen molar-refractivity contribution in [3.8, 4) is 11.5 Å². The van der Waals surface area contributed by atoms with E-state index in [-0.39, 0.29) is 12.5 Å². The second kappa shape index (κ2) is 10.2. The third-order valence-corrected chi connectivity index (χ3v) is 4.16. The predicted molar refractivity (Wildman–Crippen MR) is 100 cm³/mol. The van der Waals surface area contributed by atoms with Crippen LogP contribution in [0.15, 0.2) is 41.8 Å². The molecule has 1 N–H and O–H groups in total. The molecule has 1 heterocycles. The molecule has 0 aliphatic carbocycles. The standard InChI is InChI=1S/C19H21NO5S/c1-3-24-16-8-6-14(11-17(16)23-2)7-9-19(22)25-13-18(21)20-12-15-5-4-10-26-15/h4-11H,3,12-13H2,1-2H3,(H,20,21)/b9-7+. The van der Waals surface area contributed by atoms with Crippen LogP contribution < -0.4 is 14.8 Å².